The Morgan fingerprint density at radius 2 is 2.10 bits per heavy atom. The molecule has 0 radical (unpaired) electrons. The lowest BCUT2D eigenvalue weighted by Gasteiger charge is -2.02. The van der Waals surface area contributed by atoms with Gasteiger partial charge in [-0.05, 0) is 12.1 Å². The molecule has 0 spiro atoms. The Balaban J connectivity index is 1.90. The van der Waals surface area contributed by atoms with Crippen molar-refractivity contribution in [2.45, 2.75) is 20.0 Å². The average Bonchev–Trinajstić information content (AvgIpc) is 2.93. The van der Waals surface area contributed by atoms with Gasteiger partial charge in [-0.2, -0.15) is 0 Å². The van der Waals surface area contributed by atoms with Crippen LogP contribution in [0.15, 0.2) is 24.3 Å². The van der Waals surface area contributed by atoms with Gasteiger partial charge >= 0.3 is 0 Å². The van der Waals surface area contributed by atoms with Gasteiger partial charge in [0.1, 0.15) is 12.4 Å². The van der Waals surface area contributed by atoms with E-state index in [1.807, 2.05) is 0 Å². The van der Waals surface area contributed by atoms with E-state index in [2.05, 4.69) is 15.5 Å². The fourth-order valence-corrected chi connectivity index (χ4v) is 2.05. The van der Waals surface area contributed by atoms with E-state index in [1.54, 1.807) is 6.92 Å². The first kappa shape index (κ1) is 14.9. The standard InChI is InChI=1S/C12H12N4O4S/c1-2-10(17)13-12-15-14-11(21-12)7-20-9-5-3-8(4-6-9)16(18)19/h3-6H,2,7H2,1H3,(H,13,15,17). The molecule has 1 aromatic heterocycles. The number of nitro groups is 1. The molecule has 0 fully saturated rings. The lowest BCUT2D eigenvalue weighted by Crippen LogP contribution is -2.08. The summed E-state index contributed by atoms with van der Waals surface area (Å²) in [5.74, 6) is 0.365. The summed E-state index contributed by atoms with van der Waals surface area (Å²) in [4.78, 5) is 21.2. The average molecular weight is 308 g/mol. The van der Waals surface area contributed by atoms with E-state index < -0.39 is 4.92 Å². The van der Waals surface area contributed by atoms with Gasteiger partial charge in [-0.25, -0.2) is 0 Å². The number of hydrogen-bond acceptors (Lipinski definition) is 7. The van der Waals surface area contributed by atoms with Gasteiger partial charge in [0.25, 0.3) is 5.69 Å². The van der Waals surface area contributed by atoms with E-state index in [-0.39, 0.29) is 18.2 Å². The van der Waals surface area contributed by atoms with Gasteiger partial charge in [-0.15, -0.1) is 10.2 Å². The zero-order valence-electron chi connectivity index (χ0n) is 11.1. The van der Waals surface area contributed by atoms with Crippen molar-refractivity contribution in [1.29, 1.82) is 0 Å². The number of ether oxygens (including phenoxy) is 1. The number of carbonyl (C=O) groups excluding carboxylic acids is 1. The van der Waals surface area contributed by atoms with Crippen molar-refractivity contribution in [2.24, 2.45) is 0 Å². The minimum absolute atomic E-state index is 0.00262. The molecular weight excluding hydrogens is 296 g/mol. The summed E-state index contributed by atoms with van der Waals surface area (Å²) in [6.07, 6.45) is 0.369. The summed E-state index contributed by atoms with van der Waals surface area (Å²) in [6, 6.07) is 5.75. The number of nitro benzene ring substituents is 1. The van der Waals surface area contributed by atoms with Crippen LogP contribution in [0.1, 0.15) is 18.4 Å². The second-order valence-corrected chi connectivity index (χ2v) is 5.00. The quantitative estimate of drug-likeness (QED) is 0.648. The van der Waals surface area contributed by atoms with Crippen LogP contribution < -0.4 is 10.1 Å². The maximum Gasteiger partial charge on any atom is 0.269 e. The number of nitrogens with zero attached hydrogens (tertiary/aromatic N) is 3. The Hall–Kier alpha value is -2.55. The number of benzene rings is 1. The number of rotatable bonds is 6. The number of aromatic nitrogens is 2. The lowest BCUT2D eigenvalue weighted by molar-refractivity contribution is -0.384. The highest BCUT2D eigenvalue weighted by Crippen LogP contribution is 2.20. The molecule has 1 aromatic carbocycles. The topological polar surface area (TPSA) is 107 Å². The van der Waals surface area contributed by atoms with Crippen LogP contribution >= 0.6 is 11.3 Å². The number of anilines is 1. The molecule has 110 valence electrons. The lowest BCUT2D eigenvalue weighted by atomic mass is 10.3. The fraction of sp³-hybridized carbons (Fsp3) is 0.250. The third-order valence-corrected chi connectivity index (χ3v) is 3.26. The van der Waals surface area contributed by atoms with Gasteiger partial charge in [-0.1, -0.05) is 18.3 Å². The third-order valence-electron chi connectivity index (χ3n) is 2.44. The predicted octanol–water partition coefficient (Wildman–Crippen LogP) is 2.37. The van der Waals surface area contributed by atoms with Crippen LogP contribution in [0, 0.1) is 10.1 Å². The first-order chi connectivity index (χ1) is 10.1. The smallest absolute Gasteiger partial charge is 0.269 e. The van der Waals surface area contributed by atoms with Gasteiger partial charge in [0.05, 0.1) is 4.92 Å². The third kappa shape index (κ3) is 4.21. The number of amides is 1. The summed E-state index contributed by atoms with van der Waals surface area (Å²) in [6.45, 7) is 1.92. The van der Waals surface area contributed by atoms with Crippen molar-refractivity contribution >= 4 is 28.1 Å². The largest absolute Gasteiger partial charge is 0.486 e. The first-order valence-corrected chi connectivity index (χ1v) is 6.89. The predicted molar refractivity (Wildman–Crippen MR) is 76.3 cm³/mol. The zero-order valence-corrected chi connectivity index (χ0v) is 11.9. The van der Waals surface area contributed by atoms with E-state index in [9.17, 15) is 14.9 Å². The summed E-state index contributed by atoms with van der Waals surface area (Å²) in [7, 11) is 0. The Morgan fingerprint density at radius 3 is 2.71 bits per heavy atom. The SMILES string of the molecule is CCC(=O)Nc1nnc(COc2ccc([N+](=O)[O-])cc2)s1. The summed E-state index contributed by atoms with van der Waals surface area (Å²) >= 11 is 1.22. The molecule has 1 amide bonds. The highest BCUT2D eigenvalue weighted by molar-refractivity contribution is 7.15. The van der Waals surface area contributed by atoms with Gasteiger partial charge < -0.3 is 10.1 Å². The van der Waals surface area contributed by atoms with E-state index in [4.69, 9.17) is 4.74 Å². The van der Waals surface area contributed by atoms with Crippen LogP contribution in [0.3, 0.4) is 0 Å². The minimum atomic E-state index is -0.475. The van der Waals surface area contributed by atoms with Crippen LogP contribution in [0.25, 0.3) is 0 Å². The molecule has 0 aliphatic rings. The van der Waals surface area contributed by atoms with Crippen molar-refractivity contribution in [2.75, 3.05) is 5.32 Å². The zero-order chi connectivity index (χ0) is 15.2. The fourth-order valence-electron chi connectivity index (χ4n) is 1.38. The highest BCUT2D eigenvalue weighted by Gasteiger charge is 2.08. The molecule has 1 heterocycles. The first-order valence-electron chi connectivity index (χ1n) is 6.08. The molecule has 0 atom stereocenters. The molecule has 0 bridgehead atoms. The Kier molecular flexibility index (Phi) is 4.77. The molecule has 0 saturated heterocycles. The molecular formula is C12H12N4O4S. The second kappa shape index (κ2) is 6.75. The van der Waals surface area contributed by atoms with E-state index in [0.717, 1.165) is 0 Å². The number of carbonyl (C=O) groups is 1. The van der Waals surface area contributed by atoms with Crippen LogP contribution in [0.5, 0.6) is 5.75 Å². The van der Waals surface area contributed by atoms with Crippen LogP contribution in [0.2, 0.25) is 0 Å². The summed E-state index contributed by atoms with van der Waals surface area (Å²) in [5, 5.41) is 21.8. The molecule has 9 heteroatoms. The number of non-ortho nitro benzene ring substituents is 1. The Bertz CT molecular complexity index is 641. The Morgan fingerprint density at radius 1 is 1.38 bits per heavy atom. The second-order valence-electron chi connectivity index (χ2n) is 3.94. The highest BCUT2D eigenvalue weighted by atomic mass is 32.1. The van der Waals surface area contributed by atoms with Gasteiger partial charge in [0.2, 0.25) is 11.0 Å². The Labute approximate surface area is 123 Å². The molecule has 21 heavy (non-hydrogen) atoms. The van der Waals surface area contributed by atoms with Crippen molar-refractivity contribution < 1.29 is 14.5 Å². The molecule has 0 aliphatic carbocycles. The van der Waals surface area contributed by atoms with Crippen molar-refractivity contribution in [1.82, 2.24) is 10.2 Å². The maximum atomic E-state index is 11.2. The summed E-state index contributed by atoms with van der Waals surface area (Å²) in [5.41, 5.74) is 0.00262. The molecule has 0 saturated carbocycles. The molecule has 2 aromatic rings. The molecule has 0 aliphatic heterocycles. The van der Waals surface area contributed by atoms with Crippen molar-refractivity contribution in [3.05, 3.63) is 39.4 Å². The molecule has 0 unspecified atom stereocenters. The monoisotopic (exact) mass is 308 g/mol. The van der Waals surface area contributed by atoms with Crippen LogP contribution in [-0.4, -0.2) is 21.0 Å². The number of nitrogens with one attached hydrogen (secondary N) is 1. The van der Waals surface area contributed by atoms with Crippen molar-refractivity contribution in [3.63, 3.8) is 0 Å². The summed E-state index contributed by atoms with van der Waals surface area (Å²) < 4.78 is 5.44. The molecule has 1 N–H and O–H groups in total. The number of hydrogen-bond donors (Lipinski definition) is 1. The van der Waals surface area contributed by atoms with Gasteiger partial charge in [-0.3, -0.25) is 14.9 Å². The van der Waals surface area contributed by atoms with Gasteiger partial charge in [0.15, 0.2) is 5.01 Å². The van der Waals surface area contributed by atoms with Crippen LogP contribution in [-0.2, 0) is 11.4 Å². The van der Waals surface area contributed by atoms with E-state index >= 15 is 0 Å². The molecule has 8 nitrogen and oxygen atoms in total. The van der Waals surface area contributed by atoms with Crippen LogP contribution in [0.4, 0.5) is 10.8 Å². The maximum absolute atomic E-state index is 11.2. The van der Waals surface area contributed by atoms with E-state index in [1.165, 1.54) is 35.6 Å². The van der Waals surface area contributed by atoms with Gasteiger partial charge in [0, 0.05) is 18.6 Å². The van der Waals surface area contributed by atoms with Crippen molar-refractivity contribution in [3.8, 4) is 5.75 Å². The van der Waals surface area contributed by atoms with E-state index in [0.29, 0.717) is 22.3 Å². The normalized spacial score (nSPS) is 10.1. The minimum Gasteiger partial charge on any atom is -0.486 e. The molecule has 2 rings (SSSR count).